The van der Waals surface area contributed by atoms with Gasteiger partial charge < -0.3 is 25.4 Å². The number of aryl methyl sites for hydroxylation is 1. The lowest BCUT2D eigenvalue weighted by Crippen LogP contribution is -2.41. The minimum Gasteiger partial charge on any atom is -0.508 e. The van der Waals surface area contributed by atoms with Gasteiger partial charge in [-0.1, -0.05) is 18.2 Å². The van der Waals surface area contributed by atoms with Gasteiger partial charge in [-0.25, -0.2) is 0 Å². The van der Waals surface area contributed by atoms with Crippen molar-refractivity contribution in [3.05, 3.63) is 59.7 Å². The zero-order valence-corrected chi connectivity index (χ0v) is 20.1. The molecule has 8 heteroatoms. The molecule has 2 rings (SSSR count). The Morgan fingerprint density at radius 3 is 2.50 bits per heavy atom. The molecule has 2 aromatic carbocycles. The van der Waals surface area contributed by atoms with Crippen LogP contribution in [0, 0.1) is 6.92 Å². The molecule has 0 aromatic heterocycles. The lowest BCUT2D eigenvalue weighted by atomic mass is 10.2. The van der Waals surface area contributed by atoms with E-state index in [9.17, 15) is 9.90 Å². The maximum absolute atomic E-state index is 12.1. The summed E-state index contributed by atoms with van der Waals surface area (Å²) in [6, 6.07) is 14.1. The second-order valence-corrected chi connectivity index (χ2v) is 6.57. The first-order valence-electron chi connectivity index (χ1n) is 9.76. The maximum Gasteiger partial charge on any atom is 0.251 e. The normalized spacial score (nSPS) is 10.7. The number of hydrogen-bond acceptors (Lipinski definition) is 4. The second kappa shape index (κ2) is 13.7. The number of aromatic hydroxyl groups is 1. The average molecular weight is 526 g/mol. The summed E-state index contributed by atoms with van der Waals surface area (Å²) in [5.41, 5.74) is 1.62. The van der Waals surface area contributed by atoms with Crippen LogP contribution in [0.15, 0.2) is 53.5 Å². The summed E-state index contributed by atoms with van der Waals surface area (Å²) < 4.78 is 5.85. The van der Waals surface area contributed by atoms with Crippen LogP contribution in [0.3, 0.4) is 0 Å². The van der Waals surface area contributed by atoms with Crippen LogP contribution >= 0.6 is 24.0 Å². The number of nitrogens with one attached hydrogen (secondary N) is 2. The molecule has 0 bridgehead atoms. The van der Waals surface area contributed by atoms with E-state index < -0.39 is 0 Å². The van der Waals surface area contributed by atoms with Gasteiger partial charge in [0.05, 0.1) is 13.1 Å². The molecule has 0 atom stereocenters. The zero-order chi connectivity index (χ0) is 21.1. The number of halogens is 1. The first-order valence-corrected chi connectivity index (χ1v) is 9.76. The van der Waals surface area contributed by atoms with Crippen molar-refractivity contribution < 1.29 is 14.6 Å². The molecular weight excluding hydrogens is 495 g/mol. The molecular formula is C22H31IN4O3. The summed E-state index contributed by atoms with van der Waals surface area (Å²) >= 11 is 0. The first kappa shape index (κ1) is 25.5. The van der Waals surface area contributed by atoms with Gasteiger partial charge in [0.1, 0.15) is 18.1 Å². The molecule has 3 N–H and O–H groups in total. The number of hydrogen-bond donors (Lipinski definition) is 3. The number of likely N-dealkylation sites (N-methyl/N-ethyl adjacent to an activating group) is 1. The molecule has 0 fully saturated rings. The van der Waals surface area contributed by atoms with Gasteiger partial charge in [0.25, 0.3) is 5.91 Å². The number of benzene rings is 2. The summed E-state index contributed by atoms with van der Waals surface area (Å²) in [7, 11) is 1.96. The Kier molecular flexibility index (Phi) is 11.7. The molecule has 164 valence electrons. The Bertz CT molecular complexity index is 812. The maximum atomic E-state index is 12.1. The second-order valence-electron chi connectivity index (χ2n) is 6.57. The van der Waals surface area contributed by atoms with Gasteiger partial charge in [0, 0.05) is 25.7 Å². The molecule has 0 aliphatic rings. The number of ether oxygens (including phenoxy) is 1. The topological polar surface area (TPSA) is 86.2 Å². The number of aliphatic imine (C=N–C) groups is 1. The van der Waals surface area contributed by atoms with E-state index in [4.69, 9.17) is 4.74 Å². The first-order chi connectivity index (χ1) is 14.0. The number of nitrogens with zero attached hydrogens (tertiary/aromatic N) is 2. The lowest BCUT2D eigenvalue weighted by molar-refractivity contribution is 0.0955. The molecule has 0 spiro atoms. The summed E-state index contributed by atoms with van der Waals surface area (Å²) in [4.78, 5) is 18.6. The van der Waals surface area contributed by atoms with E-state index >= 15 is 0 Å². The minimum atomic E-state index is -0.190. The third kappa shape index (κ3) is 8.48. The Morgan fingerprint density at radius 2 is 1.83 bits per heavy atom. The van der Waals surface area contributed by atoms with Gasteiger partial charge in [-0.15, -0.1) is 24.0 Å². The fraction of sp³-hybridized carbons (Fsp3) is 0.364. The van der Waals surface area contributed by atoms with Gasteiger partial charge in [-0.3, -0.25) is 9.79 Å². The standard InChI is InChI=1S/C22H30N4O3.HI/c1-4-23-22(26(3)15-16-29-20-8-6-5-7-17(20)2)25-14-13-24-21(28)18-9-11-19(27)12-10-18;/h5-12,27H,4,13-16H2,1-3H3,(H,23,25)(H,24,28);1H. The third-order valence-corrected chi connectivity index (χ3v) is 4.26. The Labute approximate surface area is 195 Å². The van der Waals surface area contributed by atoms with Gasteiger partial charge >= 0.3 is 0 Å². The molecule has 0 aliphatic carbocycles. The van der Waals surface area contributed by atoms with E-state index in [0.717, 1.165) is 23.8 Å². The Hall–Kier alpha value is -2.49. The largest absolute Gasteiger partial charge is 0.508 e. The summed E-state index contributed by atoms with van der Waals surface area (Å²) in [6.45, 7) is 6.89. The molecule has 7 nitrogen and oxygen atoms in total. The van der Waals surface area contributed by atoms with Gasteiger partial charge in [-0.2, -0.15) is 0 Å². The van der Waals surface area contributed by atoms with E-state index in [1.807, 2.05) is 50.1 Å². The van der Waals surface area contributed by atoms with Crippen LogP contribution in [-0.2, 0) is 0 Å². The number of rotatable bonds is 9. The zero-order valence-electron chi connectivity index (χ0n) is 17.7. The van der Waals surface area contributed by atoms with Gasteiger partial charge in [0.2, 0.25) is 0 Å². The number of carbonyl (C=O) groups excluding carboxylic acids is 1. The Balaban J connectivity index is 0.00000450. The highest BCUT2D eigenvalue weighted by Gasteiger charge is 2.07. The van der Waals surface area contributed by atoms with E-state index in [1.165, 1.54) is 12.1 Å². The van der Waals surface area contributed by atoms with Crippen LogP contribution in [0.1, 0.15) is 22.8 Å². The molecule has 0 unspecified atom stereocenters. The highest BCUT2D eigenvalue weighted by molar-refractivity contribution is 14.0. The fourth-order valence-electron chi connectivity index (χ4n) is 2.63. The van der Waals surface area contributed by atoms with Gasteiger partial charge in [0.15, 0.2) is 5.96 Å². The van der Waals surface area contributed by atoms with Crippen molar-refractivity contribution in [1.29, 1.82) is 0 Å². The number of para-hydroxylation sites is 1. The molecule has 0 aliphatic heterocycles. The highest BCUT2D eigenvalue weighted by atomic mass is 127. The fourth-order valence-corrected chi connectivity index (χ4v) is 2.63. The van der Waals surface area contributed by atoms with E-state index in [2.05, 4.69) is 15.6 Å². The van der Waals surface area contributed by atoms with Crippen molar-refractivity contribution in [1.82, 2.24) is 15.5 Å². The Morgan fingerprint density at radius 1 is 1.13 bits per heavy atom. The SMILES string of the molecule is CCNC(=NCCNC(=O)c1ccc(O)cc1)N(C)CCOc1ccccc1C.I. The summed E-state index contributed by atoms with van der Waals surface area (Å²) in [5.74, 6) is 1.60. The minimum absolute atomic E-state index is 0. The van der Waals surface area contributed by atoms with E-state index in [1.54, 1.807) is 12.1 Å². The van der Waals surface area contributed by atoms with E-state index in [0.29, 0.717) is 31.8 Å². The average Bonchev–Trinajstić information content (AvgIpc) is 2.72. The van der Waals surface area contributed by atoms with Crippen molar-refractivity contribution in [2.45, 2.75) is 13.8 Å². The van der Waals surface area contributed by atoms with Crippen molar-refractivity contribution in [2.75, 3.05) is 39.8 Å². The van der Waals surface area contributed by atoms with Crippen LogP contribution in [-0.4, -0.2) is 61.7 Å². The van der Waals surface area contributed by atoms with Crippen LogP contribution < -0.4 is 15.4 Å². The summed E-state index contributed by atoms with van der Waals surface area (Å²) in [5, 5.41) is 15.4. The number of phenols is 1. The van der Waals surface area contributed by atoms with Crippen LogP contribution in [0.4, 0.5) is 0 Å². The molecule has 0 saturated carbocycles. The monoisotopic (exact) mass is 526 g/mol. The quantitative estimate of drug-likeness (QED) is 0.203. The van der Waals surface area contributed by atoms with Crippen molar-refractivity contribution in [2.24, 2.45) is 4.99 Å². The lowest BCUT2D eigenvalue weighted by Gasteiger charge is -2.22. The van der Waals surface area contributed by atoms with E-state index in [-0.39, 0.29) is 35.6 Å². The number of guanidine groups is 1. The number of amides is 1. The smallest absolute Gasteiger partial charge is 0.251 e. The molecule has 1 amide bonds. The number of carbonyl (C=O) groups is 1. The van der Waals surface area contributed by atoms with Crippen LogP contribution in [0.2, 0.25) is 0 Å². The number of phenolic OH excluding ortho intramolecular Hbond substituents is 1. The van der Waals surface area contributed by atoms with Crippen LogP contribution in [0.25, 0.3) is 0 Å². The van der Waals surface area contributed by atoms with Crippen molar-refractivity contribution >= 4 is 35.8 Å². The van der Waals surface area contributed by atoms with Crippen molar-refractivity contribution in [3.63, 3.8) is 0 Å². The predicted molar refractivity (Wildman–Crippen MR) is 131 cm³/mol. The third-order valence-electron chi connectivity index (χ3n) is 4.26. The molecule has 0 radical (unpaired) electrons. The highest BCUT2D eigenvalue weighted by Crippen LogP contribution is 2.15. The van der Waals surface area contributed by atoms with Gasteiger partial charge in [-0.05, 0) is 49.7 Å². The van der Waals surface area contributed by atoms with Crippen molar-refractivity contribution in [3.8, 4) is 11.5 Å². The molecule has 0 saturated heterocycles. The molecule has 0 heterocycles. The predicted octanol–water partition coefficient (Wildman–Crippen LogP) is 3.02. The molecule has 30 heavy (non-hydrogen) atoms. The molecule has 2 aromatic rings. The summed E-state index contributed by atoms with van der Waals surface area (Å²) in [6.07, 6.45) is 0. The van der Waals surface area contributed by atoms with Crippen LogP contribution in [0.5, 0.6) is 11.5 Å².